The molecule has 0 amide bonds. The number of rotatable bonds is 3. The summed E-state index contributed by atoms with van der Waals surface area (Å²) in [7, 11) is 0. The summed E-state index contributed by atoms with van der Waals surface area (Å²) in [5, 5.41) is 0. The molecule has 0 radical (unpaired) electrons. The van der Waals surface area contributed by atoms with Gasteiger partial charge in [-0.05, 0) is 17.7 Å². The fourth-order valence-corrected chi connectivity index (χ4v) is 1.65. The van der Waals surface area contributed by atoms with E-state index in [9.17, 15) is 17.6 Å². The van der Waals surface area contributed by atoms with E-state index in [2.05, 4.69) is 4.98 Å². The van der Waals surface area contributed by atoms with E-state index in [0.29, 0.717) is 5.56 Å². The van der Waals surface area contributed by atoms with E-state index < -0.39 is 23.7 Å². The Bertz CT molecular complexity index is 545. The van der Waals surface area contributed by atoms with Crippen molar-refractivity contribution >= 4 is 0 Å². The zero-order valence-electron chi connectivity index (χ0n) is 9.73. The first-order chi connectivity index (χ1) is 8.86. The van der Waals surface area contributed by atoms with Crippen molar-refractivity contribution in [3.8, 4) is 0 Å². The zero-order valence-corrected chi connectivity index (χ0v) is 9.73. The van der Waals surface area contributed by atoms with E-state index in [1.807, 2.05) is 0 Å². The van der Waals surface area contributed by atoms with Crippen LogP contribution in [0.1, 0.15) is 17.3 Å². The number of nitrogens with zero attached hydrogens (tertiary/aromatic N) is 2. The molecule has 102 valence electrons. The Morgan fingerprint density at radius 3 is 2.37 bits per heavy atom. The van der Waals surface area contributed by atoms with Gasteiger partial charge in [0.2, 0.25) is 0 Å². The topological polar surface area (TPSA) is 43.8 Å². The molecule has 0 fully saturated rings. The summed E-state index contributed by atoms with van der Waals surface area (Å²) in [6.45, 7) is 0.134. The van der Waals surface area contributed by atoms with Gasteiger partial charge in [0.25, 0.3) is 0 Å². The lowest BCUT2D eigenvalue weighted by atomic mass is 10.1. The van der Waals surface area contributed by atoms with E-state index >= 15 is 0 Å². The molecule has 1 aromatic heterocycles. The summed E-state index contributed by atoms with van der Waals surface area (Å²) in [6.07, 6.45) is -2.50. The van der Waals surface area contributed by atoms with Gasteiger partial charge >= 0.3 is 6.18 Å². The standard InChI is InChI=1S/C12H11F4N3/c13-9-3-1-8(2-4-9)10(17)5-19-6-11(18-7-19)12(14,15)16/h1-4,6-7,10H,5,17H2. The highest BCUT2D eigenvalue weighted by Gasteiger charge is 2.33. The van der Waals surface area contributed by atoms with Crippen LogP contribution in [0.15, 0.2) is 36.8 Å². The Morgan fingerprint density at radius 1 is 1.21 bits per heavy atom. The number of aromatic nitrogens is 2. The second kappa shape index (κ2) is 5.00. The van der Waals surface area contributed by atoms with Gasteiger partial charge in [0.05, 0.1) is 6.33 Å². The van der Waals surface area contributed by atoms with Crippen molar-refractivity contribution in [1.29, 1.82) is 0 Å². The maximum Gasteiger partial charge on any atom is 0.434 e. The van der Waals surface area contributed by atoms with Gasteiger partial charge < -0.3 is 10.3 Å². The lowest BCUT2D eigenvalue weighted by molar-refractivity contribution is -0.140. The minimum absolute atomic E-state index is 0.134. The summed E-state index contributed by atoms with van der Waals surface area (Å²) >= 11 is 0. The number of hydrogen-bond donors (Lipinski definition) is 1. The number of benzene rings is 1. The van der Waals surface area contributed by atoms with Crippen molar-refractivity contribution in [2.24, 2.45) is 5.73 Å². The number of nitrogens with two attached hydrogens (primary N) is 1. The van der Waals surface area contributed by atoms with Gasteiger partial charge in [-0.25, -0.2) is 9.37 Å². The Hall–Kier alpha value is -1.89. The number of imidazole rings is 1. The van der Waals surface area contributed by atoms with Crippen molar-refractivity contribution in [3.63, 3.8) is 0 Å². The predicted octanol–water partition coefficient (Wildman–Crippen LogP) is 2.74. The van der Waals surface area contributed by atoms with Crippen LogP contribution < -0.4 is 5.73 Å². The average Bonchev–Trinajstić information content (AvgIpc) is 2.78. The van der Waals surface area contributed by atoms with Gasteiger partial charge in [0, 0.05) is 18.8 Å². The average molecular weight is 273 g/mol. The predicted molar refractivity (Wildman–Crippen MR) is 60.6 cm³/mol. The van der Waals surface area contributed by atoms with Crippen LogP contribution in [0, 0.1) is 5.82 Å². The first kappa shape index (κ1) is 13.5. The quantitative estimate of drug-likeness (QED) is 0.874. The molecule has 0 spiro atoms. The van der Waals surface area contributed by atoms with Crippen molar-refractivity contribution in [2.75, 3.05) is 0 Å². The lowest BCUT2D eigenvalue weighted by Crippen LogP contribution is -2.17. The fraction of sp³-hybridized carbons (Fsp3) is 0.250. The molecule has 1 atom stereocenters. The van der Waals surface area contributed by atoms with Gasteiger partial charge in [-0.1, -0.05) is 12.1 Å². The van der Waals surface area contributed by atoms with Crippen molar-refractivity contribution < 1.29 is 17.6 Å². The Morgan fingerprint density at radius 2 is 1.84 bits per heavy atom. The minimum Gasteiger partial charge on any atom is -0.335 e. The number of hydrogen-bond acceptors (Lipinski definition) is 2. The summed E-state index contributed by atoms with van der Waals surface area (Å²) in [4.78, 5) is 3.27. The van der Waals surface area contributed by atoms with Gasteiger partial charge in [0.15, 0.2) is 5.69 Å². The van der Waals surface area contributed by atoms with Crippen LogP contribution in [0.25, 0.3) is 0 Å². The molecule has 3 nitrogen and oxygen atoms in total. The van der Waals surface area contributed by atoms with Gasteiger partial charge in [-0.3, -0.25) is 0 Å². The Labute approximate surface area is 106 Å². The van der Waals surface area contributed by atoms with Crippen LogP contribution in [0.2, 0.25) is 0 Å². The lowest BCUT2D eigenvalue weighted by Gasteiger charge is -2.12. The van der Waals surface area contributed by atoms with E-state index in [4.69, 9.17) is 5.73 Å². The molecule has 0 aliphatic rings. The first-order valence-electron chi connectivity index (χ1n) is 5.46. The highest BCUT2D eigenvalue weighted by atomic mass is 19.4. The molecule has 0 aliphatic heterocycles. The second-order valence-corrected chi connectivity index (χ2v) is 4.11. The molecule has 1 heterocycles. The maximum absolute atomic E-state index is 12.7. The van der Waals surface area contributed by atoms with Crippen LogP contribution in [-0.2, 0) is 12.7 Å². The smallest absolute Gasteiger partial charge is 0.335 e. The first-order valence-corrected chi connectivity index (χ1v) is 5.46. The molecular formula is C12H11F4N3. The molecule has 0 bridgehead atoms. The van der Waals surface area contributed by atoms with E-state index in [-0.39, 0.29) is 6.54 Å². The van der Waals surface area contributed by atoms with Crippen LogP contribution in [-0.4, -0.2) is 9.55 Å². The summed E-state index contributed by atoms with van der Waals surface area (Å²) in [5.41, 5.74) is 5.53. The number of halogens is 4. The summed E-state index contributed by atoms with van der Waals surface area (Å²) in [5.74, 6) is -0.391. The van der Waals surface area contributed by atoms with Crippen LogP contribution in [0.4, 0.5) is 17.6 Å². The van der Waals surface area contributed by atoms with Crippen molar-refractivity contribution in [1.82, 2.24) is 9.55 Å². The molecule has 0 aliphatic carbocycles. The molecule has 7 heteroatoms. The molecule has 2 aromatic rings. The molecule has 0 saturated carbocycles. The van der Waals surface area contributed by atoms with Gasteiger partial charge in [0.1, 0.15) is 5.82 Å². The van der Waals surface area contributed by atoms with Crippen molar-refractivity contribution in [3.05, 3.63) is 53.9 Å². The fourth-order valence-electron chi connectivity index (χ4n) is 1.65. The third-order valence-electron chi connectivity index (χ3n) is 2.63. The highest BCUT2D eigenvalue weighted by molar-refractivity contribution is 5.19. The highest BCUT2D eigenvalue weighted by Crippen LogP contribution is 2.27. The zero-order chi connectivity index (χ0) is 14.0. The van der Waals surface area contributed by atoms with E-state index in [1.54, 1.807) is 0 Å². The van der Waals surface area contributed by atoms with Crippen LogP contribution in [0.3, 0.4) is 0 Å². The summed E-state index contributed by atoms with van der Waals surface area (Å²) < 4.78 is 51.1. The third kappa shape index (κ3) is 3.31. The molecule has 2 N–H and O–H groups in total. The van der Waals surface area contributed by atoms with Gasteiger partial charge in [-0.2, -0.15) is 13.2 Å². The van der Waals surface area contributed by atoms with Crippen molar-refractivity contribution in [2.45, 2.75) is 18.8 Å². The second-order valence-electron chi connectivity index (χ2n) is 4.11. The molecule has 0 saturated heterocycles. The Kier molecular flexibility index (Phi) is 3.57. The Balaban J connectivity index is 2.08. The third-order valence-corrected chi connectivity index (χ3v) is 2.63. The number of alkyl halides is 3. The normalized spacial score (nSPS) is 13.5. The molecular weight excluding hydrogens is 262 g/mol. The van der Waals surface area contributed by atoms with Gasteiger partial charge in [-0.15, -0.1) is 0 Å². The maximum atomic E-state index is 12.7. The molecule has 19 heavy (non-hydrogen) atoms. The molecule has 2 rings (SSSR count). The minimum atomic E-state index is -4.47. The largest absolute Gasteiger partial charge is 0.434 e. The monoisotopic (exact) mass is 273 g/mol. The van der Waals surface area contributed by atoms with Crippen LogP contribution in [0.5, 0.6) is 0 Å². The molecule has 1 unspecified atom stereocenters. The molecule has 1 aromatic carbocycles. The SMILES string of the molecule is NC(Cn1cnc(C(F)(F)F)c1)c1ccc(F)cc1. The van der Waals surface area contributed by atoms with Crippen LogP contribution >= 0.6 is 0 Å². The van der Waals surface area contributed by atoms with E-state index in [0.717, 1.165) is 12.5 Å². The van der Waals surface area contributed by atoms with E-state index in [1.165, 1.54) is 28.8 Å². The summed E-state index contributed by atoms with van der Waals surface area (Å²) in [6, 6.07) is 4.98.